The molecule has 0 saturated heterocycles. The molecule has 2 saturated carbocycles. The fraction of sp³-hybridized carbons (Fsp3) is 0.800. The molecule has 0 amide bonds. The summed E-state index contributed by atoms with van der Waals surface area (Å²) in [6.07, 6.45) is 8.01. The standard InChI is InChI=1S/C10H15N/c11-10-8-2-6-1-7(4-8)5-9(10)3-6/h2,7-10H,1,3-5,11H2. The highest BCUT2D eigenvalue weighted by atomic mass is 14.7. The minimum Gasteiger partial charge on any atom is -0.327 e. The molecule has 0 aliphatic heterocycles. The van der Waals surface area contributed by atoms with Crippen molar-refractivity contribution in [2.75, 3.05) is 0 Å². The Morgan fingerprint density at radius 1 is 1.27 bits per heavy atom. The van der Waals surface area contributed by atoms with Gasteiger partial charge in [-0.1, -0.05) is 11.6 Å². The maximum Gasteiger partial charge on any atom is 0.0134 e. The van der Waals surface area contributed by atoms with Crippen LogP contribution < -0.4 is 5.73 Å². The summed E-state index contributed by atoms with van der Waals surface area (Å²) < 4.78 is 0. The van der Waals surface area contributed by atoms with Gasteiger partial charge in [0, 0.05) is 6.04 Å². The zero-order valence-electron chi connectivity index (χ0n) is 6.79. The van der Waals surface area contributed by atoms with Crippen LogP contribution in [0.3, 0.4) is 0 Å². The zero-order chi connectivity index (χ0) is 7.42. The summed E-state index contributed by atoms with van der Waals surface area (Å²) in [4.78, 5) is 0. The van der Waals surface area contributed by atoms with Gasteiger partial charge in [0.05, 0.1) is 0 Å². The Balaban J connectivity index is 2.03. The third kappa shape index (κ3) is 0.750. The van der Waals surface area contributed by atoms with E-state index in [-0.39, 0.29) is 0 Å². The molecule has 4 bridgehead atoms. The highest BCUT2D eigenvalue weighted by molar-refractivity contribution is 5.21. The molecule has 0 aromatic rings. The Hall–Kier alpha value is -0.300. The molecule has 1 heteroatoms. The Kier molecular flexibility index (Phi) is 1.07. The van der Waals surface area contributed by atoms with Crippen LogP contribution in [0.4, 0.5) is 0 Å². The average Bonchev–Trinajstić information content (AvgIpc) is 1.98. The summed E-state index contributed by atoms with van der Waals surface area (Å²) in [6.45, 7) is 0. The molecule has 4 aliphatic rings. The second-order valence-electron chi connectivity index (χ2n) is 4.57. The van der Waals surface area contributed by atoms with Crippen LogP contribution in [0.1, 0.15) is 25.7 Å². The molecule has 4 rings (SSSR count). The second kappa shape index (κ2) is 1.89. The second-order valence-corrected chi connectivity index (χ2v) is 4.57. The topological polar surface area (TPSA) is 26.0 Å². The van der Waals surface area contributed by atoms with Crippen molar-refractivity contribution in [3.63, 3.8) is 0 Å². The SMILES string of the molecule is NC1C2C=C3CC(C2)CC1C3. The first kappa shape index (κ1) is 6.24. The fourth-order valence-electron chi connectivity index (χ4n) is 3.37. The number of allylic oxidation sites excluding steroid dienone is 1. The molecular weight excluding hydrogens is 134 g/mol. The summed E-state index contributed by atoms with van der Waals surface area (Å²) >= 11 is 0. The minimum absolute atomic E-state index is 0.510. The van der Waals surface area contributed by atoms with Crippen molar-refractivity contribution in [2.24, 2.45) is 23.5 Å². The van der Waals surface area contributed by atoms with Crippen LogP contribution in [0.15, 0.2) is 11.6 Å². The molecule has 0 spiro atoms. The van der Waals surface area contributed by atoms with E-state index in [1.165, 1.54) is 25.7 Å². The molecule has 2 N–H and O–H groups in total. The molecule has 4 unspecified atom stereocenters. The molecule has 0 aromatic carbocycles. The molecule has 2 fully saturated rings. The van der Waals surface area contributed by atoms with Gasteiger partial charge in [-0.2, -0.15) is 0 Å². The van der Waals surface area contributed by atoms with E-state index in [9.17, 15) is 0 Å². The van der Waals surface area contributed by atoms with E-state index in [1.54, 1.807) is 5.57 Å². The Bertz CT molecular complexity index is 219. The normalized spacial score (nSPS) is 53.0. The maximum atomic E-state index is 6.12. The van der Waals surface area contributed by atoms with Crippen LogP contribution in [0, 0.1) is 17.8 Å². The summed E-state index contributed by atoms with van der Waals surface area (Å²) in [5, 5.41) is 0. The smallest absolute Gasteiger partial charge is 0.0134 e. The van der Waals surface area contributed by atoms with E-state index in [0.29, 0.717) is 6.04 Å². The lowest BCUT2D eigenvalue weighted by molar-refractivity contribution is 0.138. The molecule has 60 valence electrons. The quantitative estimate of drug-likeness (QED) is 0.521. The van der Waals surface area contributed by atoms with Crippen molar-refractivity contribution in [1.29, 1.82) is 0 Å². The molecule has 0 aromatic heterocycles. The first-order valence-electron chi connectivity index (χ1n) is 4.78. The van der Waals surface area contributed by atoms with Crippen molar-refractivity contribution >= 4 is 0 Å². The first-order valence-corrected chi connectivity index (χ1v) is 4.78. The van der Waals surface area contributed by atoms with Gasteiger partial charge < -0.3 is 5.73 Å². The zero-order valence-corrected chi connectivity index (χ0v) is 6.79. The van der Waals surface area contributed by atoms with Crippen molar-refractivity contribution in [1.82, 2.24) is 0 Å². The molecule has 0 radical (unpaired) electrons. The van der Waals surface area contributed by atoms with Crippen LogP contribution in [-0.4, -0.2) is 6.04 Å². The van der Waals surface area contributed by atoms with Gasteiger partial charge in [0.2, 0.25) is 0 Å². The monoisotopic (exact) mass is 149 g/mol. The van der Waals surface area contributed by atoms with Crippen LogP contribution in [0.25, 0.3) is 0 Å². The van der Waals surface area contributed by atoms with Crippen molar-refractivity contribution < 1.29 is 0 Å². The van der Waals surface area contributed by atoms with E-state index >= 15 is 0 Å². The van der Waals surface area contributed by atoms with E-state index in [2.05, 4.69) is 6.08 Å². The largest absolute Gasteiger partial charge is 0.327 e. The Labute approximate surface area is 67.7 Å². The average molecular weight is 149 g/mol. The van der Waals surface area contributed by atoms with Crippen LogP contribution >= 0.6 is 0 Å². The van der Waals surface area contributed by atoms with Crippen molar-refractivity contribution in [3.8, 4) is 0 Å². The predicted octanol–water partition coefficient (Wildman–Crippen LogP) is 1.69. The third-order valence-corrected chi connectivity index (χ3v) is 3.81. The maximum absolute atomic E-state index is 6.12. The van der Waals surface area contributed by atoms with Crippen LogP contribution in [-0.2, 0) is 0 Å². The number of hydrogen-bond acceptors (Lipinski definition) is 1. The third-order valence-electron chi connectivity index (χ3n) is 3.81. The van der Waals surface area contributed by atoms with Crippen molar-refractivity contribution in [3.05, 3.63) is 11.6 Å². The molecule has 0 heterocycles. The minimum atomic E-state index is 0.510. The summed E-state index contributed by atoms with van der Waals surface area (Å²) in [5.41, 5.74) is 7.85. The van der Waals surface area contributed by atoms with Gasteiger partial charge in [-0.3, -0.25) is 0 Å². The van der Waals surface area contributed by atoms with Crippen LogP contribution in [0.2, 0.25) is 0 Å². The highest BCUT2D eigenvalue weighted by Crippen LogP contribution is 2.49. The number of nitrogens with two attached hydrogens (primary N) is 1. The Morgan fingerprint density at radius 2 is 2.18 bits per heavy atom. The molecule has 4 atom stereocenters. The van der Waals surface area contributed by atoms with Gasteiger partial charge in [0.15, 0.2) is 0 Å². The lowest BCUT2D eigenvalue weighted by Crippen LogP contribution is -2.48. The van der Waals surface area contributed by atoms with Gasteiger partial charge >= 0.3 is 0 Å². The molecule has 4 aliphatic carbocycles. The lowest BCUT2D eigenvalue weighted by Gasteiger charge is -2.48. The van der Waals surface area contributed by atoms with Gasteiger partial charge in [-0.05, 0) is 43.4 Å². The van der Waals surface area contributed by atoms with Crippen LogP contribution in [0.5, 0.6) is 0 Å². The van der Waals surface area contributed by atoms with Gasteiger partial charge in [-0.25, -0.2) is 0 Å². The molecule has 1 nitrogen and oxygen atoms in total. The summed E-state index contributed by atoms with van der Waals surface area (Å²) in [7, 11) is 0. The fourth-order valence-corrected chi connectivity index (χ4v) is 3.37. The van der Waals surface area contributed by atoms with Gasteiger partial charge in [0.1, 0.15) is 0 Å². The summed E-state index contributed by atoms with van der Waals surface area (Å²) in [5.74, 6) is 2.63. The predicted molar refractivity (Wildman–Crippen MR) is 45.0 cm³/mol. The number of rotatable bonds is 0. The highest BCUT2D eigenvalue weighted by Gasteiger charge is 2.42. The number of hydrogen-bond donors (Lipinski definition) is 1. The lowest BCUT2D eigenvalue weighted by atomic mass is 9.59. The molecular formula is C10H15N. The van der Waals surface area contributed by atoms with E-state index < -0.39 is 0 Å². The van der Waals surface area contributed by atoms with Gasteiger partial charge in [0.25, 0.3) is 0 Å². The molecule has 11 heavy (non-hydrogen) atoms. The first-order chi connectivity index (χ1) is 5.33. The van der Waals surface area contributed by atoms with E-state index in [4.69, 9.17) is 5.73 Å². The Morgan fingerprint density at radius 3 is 2.91 bits per heavy atom. The van der Waals surface area contributed by atoms with E-state index in [1.807, 2.05) is 0 Å². The van der Waals surface area contributed by atoms with Crippen molar-refractivity contribution in [2.45, 2.75) is 31.7 Å². The summed E-state index contributed by atoms with van der Waals surface area (Å²) in [6, 6.07) is 0.510. The van der Waals surface area contributed by atoms with E-state index in [0.717, 1.165) is 17.8 Å². The van der Waals surface area contributed by atoms with Gasteiger partial charge in [-0.15, -0.1) is 0 Å².